The molecule has 1 heteroatoms. The minimum Gasteiger partial charge on any atom is -0.313 e. The number of rotatable bonds is 6. The summed E-state index contributed by atoms with van der Waals surface area (Å²) in [4.78, 5) is 0. The molecular formula is C26H39N. The van der Waals surface area contributed by atoms with Crippen LogP contribution in [0.3, 0.4) is 0 Å². The second-order valence-corrected chi connectivity index (χ2v) is 8.02. The molecule has 0 radical (unpaired) electrons. The largest absolute Gasteiger partial charge is 0.313 e. The van der Waals surface area contributed by atoms with Crippen LogP contribution in [-0.2, 0) is 6.42 Å². The molecular weight excluding hydrogens is 326 g/mol. The summed E-state index contributed by atoms with van der Waals surface area (Å²) in [5.41, 5.74) is 5.79. The molecule has 1 aromatic carbocycles. The van der Waals surface area contributed by atoms with Crippen LogP contribution in [0.25, 0.3) is 0 Å². The molecule has 0 bridgehead atoms. The van der Waals surface area contributed by atoms with Gasteiger partial charge in [0, 0.05) is 12.6 Å². The van der Waals surface area contributed by atoms with Gasteiger partial charge in [0.25, 0.3) is 0 Å². The van der Waals surface area contributed by atoms with Crippen molar-refractivity contribution in [3.8, 4) is 0 Å². The fourth-order valence-corrected chi connectivity index (χ4v) is 3.95. The highest BCUT2D eigenvalue weighted by atomic mass is 15.0. The van der Waals surface area contributed by atoms with Crippen molar-refractivity contribution in [3.05, 3.63) is 71.3 Å². The van der Waals surface area contributed by atoms with E-state index >= 15 is 0 Å². The Morgan fingerprint density at radius 3 is 2.52 bits per heavy atom. The van der Waals surface area contributed by atoms with Crippen LogP contribution >= 0.6 is 0 Å². The molecule has 3 unspecified atom stereocenters. The molecule has 1 aliphatic carbocycles. The lowest BCUT2D eigenvalue weighted by Crippen LogP contribution is -2.29. The first-order chi connectivity index (χ1) is 13.1. The Morgan fingerprint density at radius 2 is 1.96 bits per heavy atom. The van der Waals surface area contributed by atoms with Crippen molar-refractivity contribution < 1.29 is 0 Å². The maximum atomic E-state index is 3.85. The van der Waals surface area contributed by atoms with Gasteiger partial charge in [-0.15, -0.1) is 6.58 Å². The Kier molecular flexibility index (Phi) is 9.07. The molecule has 1 saturated heterocycles. The summed E-state index contributed by atoms with van der Waals surface area (Å²) in [6.07, 6.45) is 16.4. The maximum Gasteiger partial charge on any atom is 0.0139 e. The number of benzene rings is 1. The van der Waals surface area contributed by atoms with E-state index in [-0.39, 0.29) is 0 Å². The number of hydrogen-bond donors (Lipinski definition) is 1. The Morgan fingerprint density at radius 1 is 1.19 bits per heavy atom. The van der Waals surface area contributed by atoms with Crippen molar-refractivity contribution in [2.45, 2.75) is 78.2 Å². The topological polar surface area (TPSA) is 12.0 Å². The van der Waals surface area contributed by atoms with E-state index in [0.29, 0.717) is 17.9 Å². The van der Waals surface area contributed by atoms with Gasteiger partial charge < -0.3 is 5.32 Å². The molecule has 1 fully saturated rings. The third-order valence-corrected chi connectivity index (χ3v) is 6.00. The number of aryl methyl sites for hydroxylation is 1. The molecule has 0 amide bonds. The first-order valence-electron chi connectivity index (χ1n) is 10.9. The van der Waals surface area contributed by atoms with Gasteiger partial charge in [0.15, 0.2) is 0 Å². The third-order valence-electron chi connectivity index (χ3n) is 6.00. The SMILES string of the molecule is C=CCc1ccc(C2CNC(C3C=CC(CC)=CC3)C2)cc1C.CCCC. The van der Waals surface area contributed by atoms with Crippen LogP contribution in [0.15, 0.2) is 54.7 Å². The van der Waals surface area contributed by atoms with E-state index in [2.05, 4.69) is 76.0 Å². The maximum absolute atomic E-state index is 3.85. The van der Waals surface area contributed by atoms with Gasteiger partial charge in [0.1, 0.15) is 0 Å². The van der Waals surface area contributed by atoms with Gasteiger partial charge in [-0.25, -0.2) is 0 Å². The number of unbranched alkanes of at least 4 members (excludes halogenated alkanes) is 1. The lowest BCUT2D eigenvalue weighted by molar-refractivity contribution is 0.456. The minimum atomic E-state index is 0.624. The lowest BCUT2D eigenvalue weighted by atomic mass is 9.85. The summed E-state index contributed by atoms with van der Waals surface area (Å²) >= 11 is 0. The zero-order valence-corrected chi connectivity index (χ0v) is 17.9. The van der Waals surface area contributed by atoms with Gasteiger partial charge in [0.05, 0.1) is 0 Å². The molecule has 1 heterocycles. The van der Waals surface area contributed by atoms with E-state index in [1.807, 2.05) is 6.08 Å². The second-order valence-electron chi connectivity index (χ2n) is 8.02. The van der Waals surface area contributed by atoms with Crippen molar-refractivity contribution in [2.75, 3.05) is 6.54 Å². The number of nitrogens with one attached hydrogen (secondary N) is 1. The highest BCUT2D eigenvalue weighted by molar-refractivity contribution is 5.35. The van der Waals surface area contributed by atoms with Gasteiger partial charge >= 0.3 is 0 Å². The number of allylic oxidation sites excluding steroid dienone is 4. The van der Waals surface area contributed by atoms with Gasteiger partial charge in [-0.3, -0.25) is 0 Å². The standard InChI is InChI=1S/C22H29N.C4H10/c1-4-6-18-11-12-20(13-16(18)3)21-14-22(23-15-21)19-9-7-17(5-2)8-10-19;1-3-4-2/h4,7-9,11-13,19,21-23H,1,5-6,10,14-15H2,2-3H3;3-4H2,1-2H3. The fraction of sp³-hybridized carbons (Fsp3) is 0.538. The van der Waals surface area contributed by atoms with E-state index in [9.17, 15) is 0 Å². The first-order valence-corrected chi connectivity index (χ1v) is 10.9. The summed E-state index contributed by atoms with van der Waals surface area (Å²) in [7, 11) is 0. The van der Waals surface area contributed by atoms with Gasteiger partial charge in [0.2, 0.25) is 0 Å². The quantitative estimate of drug-likeness (QED) is 0.541. The average Bonchev–Trinajstić information content (AvgIpc) is 3.20. The van der Waals surface area contributed by atoms with Crippen LogP contribution in [-0.4, -0.2) is 12.6 Å². The van der Waals surface area contributed by atoms with Crippen molar-refractivity contribution >= 4 is 0 Å². The van der Waals surface area contributed by atoms with Crippen LogP contribution in [0.4, 0.5) is 0 Å². The molecule has 1 aliphatic heterocycles. The van der Waals surface area contributed by atoms with Crippen LogP contribution < -0.4 is 5.32 Å². The highest BCUT2D eigenvalue weighted by Crippen LogP contribution is 2.33. The Labute approximate surface area is 167 Å². The normalized spacial score (nSPS) is 24.1. The van der Waals surface area contributed by atoms with Gasteiger partial charge in [-0.1, -0.05) is 81.7 Å². The van der Waals surface area contributed by atoms with Gasteiger partial charge in [-0.05, 0) is 61.1 Å². The van der Waals surface area contributed by atoms with Crippen molar-refractivity contribution in [1.82, 2.24) is 5.32 Å². The average molecular weight is 366 g/mol. The summed E-state index contributed by atoms with van der Waals surface area (Å²) in [5, 5.41) is 3.77. The minimum absolute atomic E-state index is 0.624. The zero-order chi connectivity index (χ0) is 19.6. The zero-order valence-electron chi connectivity index (χ0n) is 17.9. The highest BCUT2D eigenvalue weighted by Gasteiger charge is 2.30. The summed E-state index contributed by atoms with van der Waals surface area (Å²) < 4.78 is 0. The second kappa shape index (κ2) is 11.3. The van der Waals surface area contributed by atoms with Crippen molar-refractivity contribution in [2.24, 2.45) is 5.92 Å². The molecule has 1 N–H and O–H groups in total. The molecule has 3 atom stereocenters. The van der Waals surface area contributed by atoms with Gasteiger partial charge in [-0.2, -0.15) is 0 Å². The molecule has 3 rings (SSSR count). The Balaban J connectivity index is 0.000000596. The van der Waals surface area contributed by atoms with E-state index in [1.165, 1.54) is 47.9 Å². The Bertz CT molecular complexity index is 650. The van der Waals surface area contributed by atoms with E-state index in [0.717, 1.165) is 19.4 Å². The summed E-state index contributed by atoms with van der Waals surface area (Å²) in [6, 6.07) is 7.63. The predicted octanol–water partition coefficient (Wildman–Crippen LogP) is 6.89. The lowest BCUT2D eigenvalue weighted by Gasteiger charge is -2.22. The van der Waals surface area contributed by atoms with Crippen molar-refractivity contribution in [1.29, 1.82) is 0 Å². The molecule has 0 saturated carbocycles. The molecule has 1 aromatic rings. The third kappa shape index (κ3) is 6.21. The molecule has 148 valence electrons. The smallest absolute Gasteiger partial charge is 0.0139 e. The molecule has 1 nitrogen and oxygen atoms in total. The number of hydrogen-bond acceptors (Lipinski definition) is 1. The predicted molar refractivity (Wildman–Crippen MR) is 120 cm³/mol. The molecule has 27 heavy (non-hydrogen) atoms. The van der Waals surface area contributed by atoms with Crippen molar-refractivity contribution in [3.63, 3.8) is 0 Å². The summed E-state index contributed by atoms with van der Waals surface area (Å²) in [5.74, 6) is 1.32. The monoisotopic (exact) mass is 365 g/mol. The van der Waals surface area contributed by atoms with Crippen LogP contribution in [0.2, 0.25) is 0 Å². The van der Waals surface area contributed by atoms with E-state index in [4.69, 9.17) is 0 Å². The fourth-order valence-electron chi connectivity index (χ4n) is 3.95. The molecule has 2 aliphatic rings. The molecule has 0 spiro atoms. The van der Waals surface area contributed by atoms with E-state index in [1.54, 1.807) is 0 Å². The summed E-state index contributed by atoms with van der Waals surface area (Å²) in [6.45, 7) is 13.8. The molecule has 0 aromatic heterocycles. The van der Waals surface area contributed by atoms with Crippen LogP contribution in [0.1, 0.15) is 75.5 Å². The van der Waals surface area contributed by atoms with Crippen LogP contribution in [0.5, 0.6) is 0 Å². The first kappa shape index (κ1) is 21.7. The van der Waals surface area contributed by atoms with Crippen LogP contribution in [0, 0.1) is 12.8 Å². The van der Waals surface area contributed by atoms with E-state index < -0.39 is 0 Å². The Hall–Kier alpha value is -1.60.